The molecule has 1 aliphatic heterocycles. The van der Waals surface area contributed by atoms with Crippen LogP contribution in [0.2, 0.25) is 0 Å². The molecule has 0 bridgehead atoms. The number of hydrogen-bond donors (Lipinski definition) is 2. The largest absolute Gasteiger partial charge is 0.457 e. The molecule has 0 unspecified atom stereocenters. The summed E-state index contributed by atoms with van der Waals surface area (Å²) in [5.41, 5.74) is 3.44. The van der Waals surface area contributed by atoms with E-state index in [2.05, 4.69) is 47.3 Å². The summed E-state index contributed by atoms with van der Waals surface area (Å²) < 4.78 is 7.13. The van der Waals surface area contributed by atoms with Crippen molar-refractivity contribution < 1.29 is 9.21 Å². The second kappa shape index (κ2) is 7.82. The highest BCUT2D eigenvalue weighted by molar-refractivity contribution is 9.10. The second-order valence-electron chi connectivity index (χ2n) is 9.25. The molecule has 4 nitrogen and oxygen atoms in total. The number of benzene rings is 1. The Morgan fingerprint density at radius 1 is 1.16 bits per heavy atom. The molecular formula is C25H27BrN2O2S. The van der Waals surface area contributed by atoms with E-state index in [-0.39, 0.29) is 12.1 Å². The summed E-state index contributed by atoms with van der Waals surface area (Å²) in [6, 6.07) is 11.9. The maximum absolute atomic E-state index is 13.1. The zero-order valence-electron chi connectivity index (χ0n) is 18.0. The van der Waals surface area contributed by atoms with Gasteiger partial charge in [0.1, 0.15) is 16.5 Å². The molecule has 2 N–H and O–H groups in total. The highest BCUT2D eigenvalue weighted by atomic mass is 79.9. The van der Waals surface area contributed by atoms with Gasteiger partial charge >= 0.3 is 0 Å². The fourth-order valence-corrected chi connectivity index (χ4v) is 6.29. The number of fused-ring (bicyclic) bond motifs is 3. The molecule has 0 spiro atoms. The highest BCUT2D eigenvalue weighted by Gasteiger charge is 2.37. The molecule has 0 saturated heterocycles. The molecule has 31 heavy (non-hydrogen) atoms. The maximum Gasteiger partial charge on any atom is 0.256 e. The third-order valence-electron chi connectivity index (χ3n) is 7.10. The fourth-order valence-electron chi connectivity index (χ4n) is 4.67. The molecule has 2 aliphatic rings. The normalized spacial score (nSPS) is 20.6. The molecule has 2 aromatic heterocycles. The van der Waals surface area contributed by atoms with Gasteiger partial charge in [0.15, 0.2) is 6.17 Å². The molecule has 1 aliphatic carbocycles. The van der Waals surface area contributed by atoms with Crippen molar-refractivity contribution in [2.75, 3.05) is 5.32 Å². The molecule has 0 radical (unpaired) electrons. The van der Waals surface area contributed by atoms with Crippen molar-refractivity contribution >= 4 is 38.2 Å². The van der Waals surface area contributed by atoms with Crippen LogP contribution in [-0.4, -0.2) is 5.91 Å². The number of anilines is 1. The van der Waals surface area contributed by atoms with Gasteiger partial charge in [0, 0.05) is 14.9 Å². The van der Waals surface area contributed by atoms with Crippen LogP contribution in [0.15, 0.2) is 45.3 Å². The maximum atomic E-state index is 13.1. The third-order valence-corrected chi connectivity index (χ3v) is 8.81. The van der Waals surface area contributed by atoms with Crippen LogP contribution in [0.25, 0.3) is 11.3 Å². The van der Waals surface area contributed by atoms with Crippen LogP contribution in [0.4, 0.5) is 5.00 Å². The lowest BCUT2D eigenvalue weighted by Gasteiger charge is -2.36. The van der Waals surface area contributed by atoms with Crippen LogP contribution in [-0.2, 0) is 12.8 Å². The average molecular weight is 499 g/mol. The van der Waals surface area contributed by atoms with E-state index in [4.69, 9.17) is 4.42 Å². The molecule has 1 amide bonds. The van der Waals surface area contributed by atoms with Crippen molar-refractivity contribution in [3.8, 4) is 11.3 Å². The Morgan fingerprint density at radius 3 is 2.68 bits per heavy atom. The Bertz CT molecular complexity index is 1130. The molecule has 162 valence electrons. The van der Waals surface area contributed by atoms with E-state index >= 15 is 0 Å². The monoisotopic (exact) mass is 498 g/mol. The molecule has 6 heteroatoms. The van der Waals surface area contributed by atoms with Crippen molar-refractivity contribution in [1.82, 2.24) is 5.32 Å². The Morgan fingerprint density at radius 2 is 1.94 bits per heavy atom. The average Bonchev–Trinajstić information content (AvgIpc) is 3.38. The fraction of sp³-hybridized carbons (Fsp3) is 0.400. The first-order valence-corrected chi connectivity index (χ1v) is 12.5. The second-order valence-corrected chi connectivity index (χ2v) is 11.3. The van der Waals surface area contributed by atoms with Gasteiger partial charge in [0.05, 0.1) is 5.56 Å². The Hall–Kier alpha value is -2.05. The predicted octanol–water partition coefficient (Wildman–Crippen LogP) is 7.17. The highest BCUT2D eigenvalue weighted by Crippen LogP contribution is 2.47. The zero-order valence-corrected chi connectivity index (χ0v) is 20.5. The molecule has 0 saturated carbocycles. The molecule has 5 rings (SSSR count). The van der Waals surface area contributed by atoms with Gasteiger partial charge in [-0.2, -0.15) is 0 Å². The van der Waals surface area contributed by atoms with Gasteiger partial charge in [-0.15, -0.1) is 11.3 Å². The lowest BCUT2D eigenvalue weighted by molar-refractivity contribution is 0.0930. The van der Waals surface area contributed by atoms with Crippen molar-refractivity contribution in [3.63, 3.8) is 0 Å². The summed E-state index contributed by atoms with van der Waals surface area (Å²) in [7, 11) is 0. The van der Waals surface area contributed by atoms with Gasteiger partial charge in [-0.25, -0.2) is 0 Å². The molecular weight excluding hydrogens is 472 g/mol. The molecule has 3 aromatic rings. The molecule has 1 aromatic carbocycles. The number of furan rings is 1. The van der Waals surface area contributed by atoms with Crippen molar-refractivity contribution in [3.05, 3.63) is 62.6 Å². The first kappa shape index (κ1) is 20.8. The van der Waals surface area contributed by atoms with Crippen molar-refractivity contribution in [2.24, 2.45) is 11.3 Å². The molecule has 0 fully saturated rings. The first-order valence-electron chi connectivity index (χ1n) is 10.9. The summed E-state index contributed by atoms with van der Waals surface area (Å²) in [6.07, 6.45) is 4.04. The number of hydrogen-bond acceptors (Lipinski definition) is 4. The predicted molar refractivity (Wildman–Crippen MR) is 130 cm³/mol. The first-order chi connectivity index (χ1) is 14.9. The van der Waals surface area contributed by atoms with Crippen LogP contribution >= 0.6 is 27.3 Å². The van der Waals surface area contributed by atoms with Gasteiger partial charge in [-0.1, -0.05) is 55.3 Å². The zero-order chi connectivity index (χ0) is 21.8. The summed E-state index contributed by atoms with van der Waals surface area (Å²) in [5, 5.41) is 7.62. The minimum absolute atomic E-state index is 0.00560. The number of thiophene rings is 1. The van der Waals surface area contributed by atoms with E-state index < -0.39 is 0 Å². The van der Waals surface area contributed by atoms with Crippen LogP contribution in [0.5, 0.6) is 0 Å². The molecule has 3 heterocycles. The summed E-state index contributed by atoms with van der Waals surface area (Å²) >= 11 is 5.22. The van der Waals surface area contributed by atoms with E-state index in [0.29, 0.717) is 17.1 Å². The van der Waals surface area contributed by atoms with Crippen LogP contribution in [0, 0.1) is 11.3 Å². The van der Waals surface area contributed by atoms with Crippen molar-refractivity contribution in [2.45, 2.75) is 52.6 Å². The van der Waals surface area contributed by atoms with Gasteiger partial charge in [0.2, 0.25) is 0 Å². The number of rotatable bonds is 4. The van der Waals surface area contributed by atoms with E-state index in [0.717, 1.165) is 45.6 Å². The van der Waals surface area contributed by atoms with Crippen LogP contribution in [0.3, 0.4) is 0 Å². The lowest BCUT2D eigenvalue weighted by Crippen LogP contribution is -2.38. The van der Waals surface area contributed by atoms with E-state index in [1.807, 2.05) is 36.4 Å². The Kier molecular flexibility index (Phi) is 5.25. The number of carbonyl (C=O) groups excluding carboxylic acids is 1. The lowest BCUT2D eigenvalue weighted by atomic mass is 9.69. The Labute approximate surface area is 195 Å². The van der Waals surface area contributed by atoms with Gasteiger partial charge in [-0.3, -0.25) is 4.79 Å². The van der Waals surface area contributed by atoms with E-state index in [1.54, 1.807) is 11.3 Å². The smallest absolute Gasteiger partial charge is 0.256 e. The van der Waals surface area contributed by atoms with Crippen LogP contribution in [0.1, 0.15) is 66.3 Å². The number of nitrogens with one attached hydrogen (secondary N) is 2. The summed E-state index contributed by atoms with van der Waals surface area (Å²) in [6.45, 7) is 7.02. The topological polar surface area (TPSA) is 54.3 Å². The SMILES string of the molecule is CCC(C)(C)[C@H]1CCc2c(sc3c2C(=O)N[C@H](c2ccc(-c4ccc(Br)cc4)o2)N3)C1. The standard InChI is InChI=1S/C25H27BrN2O2S/c1-4-25(2,3)15-7-10-17-20(13-15)31-24-21(17)23(29)27-22(28-24)19-12-11-18(30-19)14-5-8-16(26)9-6-14/h5-6,8-9,11-12,15,22,28H,4,7,10,13H2,1-3H3,(H,27,29)/t15-,22-/m0/s1. The van der Waals surface area contributed by atoms with Crippen LogP contribution < -0.4 is 10.6 Å². The minimum atomic E-state index is -0.354. The number of halogens is 1. The van der Waals surface area contributed by atoms with E-state index in [9.17, 15) is 4.79 Å². The van der Waals surface area contributed by atoms with E-state index in [1.165, 1.54) is 16.9 Å². The van der Waals surface area contributed by atoms with Gasteiger partial charge < -0.3 is 15.1 Å². The van der Waals surface area contributed by atoms with Gasteiger partial charge in [-0.05, 0) is 60.4 Å². The van der Waals surface area contributed by atoms with Crippen molar-refractivity contribution in [1.29, 1.82) is 0 Å². The number of carbonyl (C=O) groups is 1. The minimum Gasteiger partial charge on any atom is -0.457 e. The Balaban J connectivity index is 1.40. The summed E-state index contributed by atoms with van der Waals surface area (Å²) in [5.74, 6) is 2.18. The van der Waals surface area contributed by atoms with Gasteiger partial charge in [0.25, 0.3) is 5.91 Å². The quantitative estimate of drug-likeness (QED) is 0.400. The third kappa shape index (κ3) is 3.74. The number of amides is 1. The molecule has 2 atom stereocenters. The summed E-state index contributed by atoms with van der Waals surface area (Å²) in [4.78, 5) is 14.4.